The third-order valence-corrected chi connectivity index (χ3v) is 3.24. The largest absolute Gasteiger partial charge is 0.508 e. The zero-order valence-corrected chi connectivity index (χ0v) is 12.0. The molecule has 1 atom stereocenters. The number of alkyl halides is 1. The average Bonchev–Trinajstić information content (AvgIpc) is 2.39. The van der Waals surface area contributed by atoms with Crippen LogP contribution in [0, 0.1) is 0 Å². The van der Waals surface area contributed by atoms with E-state index in [9.17, 15) is 9.90 Å². The highest BCUT2D eigenvalue weighted by Crippen LogP contribution is 2.29. The molecule has 3 nitrogen and oxygen atoms in total. The Morgan fingerprint density at radius 3 is 2.63 bits per heavy atom. The van der Waals surface area contributed by atoms with E-state index >= 15 is 0 Å². The van der Waals surface area contributed by atoms with Gasteiger partial charge in [0.1, 0.15) is 5.75 Å². The maximum Gasteiger partial charge on any atom is 0.255 e. The molecule has 0 aliphatic rings. The smallest absolute Gasteiger partial charge is 0.255 e. The molecule has 4 heteroatoms. The summed E-state index contributed by atoms with van der Waals surface area (Å²) < 4.78 is 0. The SMILES string of the molecule is CC(Br)c1ccccc1NC(=O)c1cccc(O)c1. The quantitative estimate of drug-likeness (QED) is 0.837. The van der Waals surface area contributed by atoms with E-state index in [4.69, 9.17) is 0 Å². The van der Waals surface area contributed by atoms with Gasteiger partial charge in [0.15, 0.2) is 0 Å². The number of benzene rings is 2. The fourth-order valence-electron chi connectivity index (χ4n) is 1.80. The van der Waals surface area contributed by atoms with Gasteiger partial charge in [-0.3, -0.25) is 4.79 Å². The van der Waals surface area contributed by atoms with E-state index in [2.05, 4.69) is 21.2 Å². The molecule has 1 unspecified atom stereocenters. The van der Waals surface area contributed by atoms with Crippen molar-refractivity contribution >= 4 is 27.5 Å². The standard InChI is InChI=1S/C15H14BrNO2/c1-10(16)13-7-2-3-8-14(13)17-15(19)11-5-4-6-12(18)9-11/h2-10,18H,1H3,(H,17,19). The Bertz CT molecular complexity index is 596. The summed E-state index contributed by atoms with van der Waals surface area (Å²) in [4.78, 5) is 12.3. The molecule has 0 aliphatic heterocycles. The van der Waals surface area contributed by atoms with Crippen LogP contribution >= 0.6 is 15.9 Å². The number of rotatable bonds is 3. The molecule has 0 saturated carbocycles. The number of hydrogen-bond acceptors (Lipinski definition) is 2. The Morgan fingerprint density at radius 2 is 1.95 bits per heavy atom. The first-order valence-corrected chi connectivity index (χ1v) is 6.83. The highest BCUT2D eigenvalue weighted by Gasteiger charge is 2.11. The van der Waals surface area contributed by atoms with Crippen molar-refractivity contribution in [1.29, 1.82) is 0 Å². The van der Waals surface area contributed by atoms with Gasteiger partial charge in [-0.1, -0.05) is 40.2 Å². The van der Waals surface area contributed by atoms with Crippen molar-refractivity contribution in [2.45, 2.75) is 11.8 Å². The second-order valence-electron chi connectivity index (χ2n) is 4.21. The Morgan fingerprint density at radius 1 is 1.21 bits per heavy atom. The topological polar surface area (TPSA) is 49.3 Å². The predicted octanol–water partition coefficient (Wildman–Crippen LogP) is 4.10. The number of phenols is 1. The van der Waals surface area contributed by atoms with Gasteiger partial charge >= 0.3 is 0 Å². The van der Waals surface area contributed by atoms with Gasteiger partial charge in [0, 0.05) is 16.1 Å². The van der Waals surface area contributed by atoms with Crippen LogP contribution in [0.2, 0.25) is 0 Å². The van der Waals surface area contributed by atoms with Crippen LogP contribution in [0.15, 0.2) is 48.5 Å². The van der Waals surface area contributed by atoms with Crippen LogP contribution in [-0.4, -0.2) is 11.0 Å². The Kier molecular flexibility index (Phi) is 4.22. The van der Waals surface area contributed by atoms with Gasteiger partial charge in [-0.2, -0.15) is 0 Å². The summed E-state index contributed by atoms with van der Waals surface area (Å²) in [5.41, 5.74) is 2.20. The van der Waals surface area contributed by atoms with E-state index in [1.54, 1.807) is 12.1 Å². The average molecular weight is 320 g/mol. The summed E-state index contributed by atoms with van der Waals surface area (Å²) in [6.45, 7) is 2.00. The molecule has 0 aromatic heterocycles. The van der Waals surface area contributed by atoms with Crippen LogP contribution in [0.4, 0.5) is 5.69 Å². The molecule has 0 spiro atoms. The third-order valence-electron chi connectivity index (χ3n) is 2.75. The minimum atomic E-state index is -0.239. The first-order chi connectivity index (χ1) is 9.08. The van der Waals surface area contributed by atoms with Gasteiger partial charge in [-0.05, 0) is 36.8 Å². The molecule has 0 radical (unpaired) electrons. The molecule has 0 heterocycles. The number of para-hydroxylation sites is 1. The number of hydrogen-bond donors (Lipinski definition) is 2. The fraction of sp³-hybridized carbons (Fsp3) is 0.133. The molecule has 2 aromatic rings. The number of carbonyl (C=O) groups excluding carboxylic acids is 1. The van der Waals surface area contributed by atoms with Crippen LogP contribution in [0.1, 0.15) is 27.7 Å². The van der Waals surface area contributed by atoms with Gasteiger partial charge in [-0.15, -0.1) is 0 Å². The summed E-state index contributed by atoms with van der Waals surface area (Å²) in [6.07, 6.45) is 0. The van der Waals surface area contributed by atoms with Crippen LogP contribution in [-0.2, 0) is 0 Å². The van der Waals surface area contributed by atoms with E-state index in [1.807, 2.05) is 31.2 Å². The molecule has 2 rings (SSSR count). The second kappa shape index (κ2) is 5.89. The molecule has 0 bridgehead atoms. The molecular formula is C15H14BrNO2. The van der Waals surface area contributed by atoms with Gasteiger partial charge < -0.3 is 10.4 Å². The lowest BCUT2D eigenvalue weighted by Crippen LogP contribution is -2.13. The highest BCUT2D eigenvalue weighted by molar-refractivity contribution is 9.09. The predicted molar refractivity (Wildman–Crippen MR) is 79.8 cm³/mol. The van der Waals surface area contributed by atoms with Gasteiger partial charge in [-0.25, -0.2) is 0 Å². The number of aromatic hydroxyl groups is 1. The van der Waals surface area contributed by atoms with E-state index in [0.29, 0.717) is 5.56 Å². The van der Waals surface area contributed by atoms with Crippen LogP contribution in [0.3, 0.4) is 0 Å². The molecule has 19 heavy (non-hydrogen) atoms. The highest BCUT2D eigenvalue weighted by atomic mass is 79.9. The Labute approximate surface area is 120 Å². The molecule has 0 aliphatic carbocycles. The number of anilines is 1. The number of halogens is 1. The van der Waals surface area contributed by atoms with E-state index in [-0.39, 0.29) is 16.5 Å². The van der Waals surface area contributed by atoms with Crippen LogP contribution in [0.25, 0.3) is 0 Å². The van der Waals surface area contributed by atoms with Gasteiger partial charge in [0.2, 0.25) is 0 Å². The van der Waals surface area contributed by atoms with E-state index in [1.165, 1.54) is 12.1 Å². The number of amides is 1. The van der Waals surface area contributed by atoms with Crippen molar-refractivity contribution in [3.8, 4) is 5.75 Å². The molecule has 0 saturated heterocycles. The molecular weight excluding hydrogens is 306 g/mol. The molecule has 2 aromatic carbocycles. The monoisotopic (exact) mass is 319 g/mol. The fourth-order valence-corrected chi connectivity index (χ4v) is 2.20. The van der Waals surface area contributed by atoms with Gasteiger partial charge in [0.25, 0.3) is 5.91 Å². The summed E-state index contributed by atoms with van der Waals surface area (Å²) in [5.74, 6) is -0.161. The zero-order valence-electron chi connectivity index (χ0n) is 10.4. The molecule has 2 N–H and O–H groups in total. The molecule has 0 fully saturated rings. The minimum Gasteiger partial charge on any atom is -0.508 e. The third kappa shape index (κ3) is 3.35. The summed E-state index contributed by atoms with van der Waals surface area (Å²) in [5, 5.41) is 12.2. The number of phenolic OH excluding ortho intramolecular Hbond substituents is 1. The number of carbonyl (C=O) groups is 1. The lowest BCUT2D eigenvalue weighted by Gasteiger charge is -2.12. The van der Waals surface area contributed by atoms with Crippen molar-refractivity contribution in [1.82, 2.24) is 0 Å². The van der Waals surface area contributed by atoms with Crippen molar-refractivity contribution in [3.63, 3.8) is 0 Å². The first kappa shape index (κ1) is 13.6. The zero-order chi connectivity index (χ0) is 13.8. The Hall–Kier alpha value is -1.81. The van der Waals surface area contributed by atoms with E-state index < -0.39 is 0 Å². The normalized spacial score (nSPS) is 11.9. The first-order valence-electron chi connectivity index (χ1n) is 5.91. The second-order valence-corrected chi connectivity index (χ2v) is 5.58. The maximum atomic E-state index is 12.1. The summed E-state index contributed by atoms with van der Waals surface area (Å²) in [7, 11) is 0. The lowest BCUT2D eigenvalue weighted by molar-refractivity contribution is 0.102. The van der Waals surface area contributed by atoms with Gasteiger partial charge in [0.05, 0.1) is 0 Å². The van der Waals surface area contributed by atoms with E-state index in [0.717, 1.165) is 11.3 Å². The van der Waals surface area contributed by atoms with Crippen molar-refractivity contribution in [2.24, 2.45) is 0 Å². The van der Waals surface area contributed by atoms with Crippen molar-refractivity contribution in [2.75, 3.05) is 5.32 Å². The summed E-state index contributed by atoms with van der Waals surface area (Å²) in [6, 6.07) is 13.9. The Balaban J connectivity index is 2.24. The maximum absolute atomic E-state index is 12.1. The molecule has 1 amide bonds. The number of nitrogens with one attached hydrogen (secondary N) is 1. The van der Waals surface area contributed by atoms with Crippen LogP contribution in [0.5, 0.6) is 5.75 Å². The van der Waals surface area contributed by atoms with Crippen LogP contribution < -0.4 is 5.32 Å². The minimum absolute atomic E-state index is 0.0785. The van der Waals surface area contributed by atoms with Crippen molar-refractivity contribution < 1.29 is 9.90 Å². The lowest BCUT2D eigenvalue weighted by atomic mass is 10.1. The molecule has 98 valence electrons. The summed E-state index contributed by atoms with van der Waals surface area (Å²) >= 11 is 3.50. The van der Waals surface area contributed by atoms with Crippen molar-refractivity contribution in [3.05, 3.63) is 59.7 Å².